The third kappa shape index (κ3) is 4.74. The zero-order valence-electron chi connectivity index (χ0n) is 17.6. The van der Waals surface area contributed by atoms with E-state index in [1.807, 2.05) is 97.1 Å². The second-order valence-corrected chi connectivity index (χ2v) is 7.35. The van der Waals surface area contributed by atoms with Gasteiger partial charge in [-0.1, -0.05) is 66.1 Å². The molecule has 3 heteroatoms. The number of fused-ring (bicyclic) bond motifs is 1. The Hall–Kier alpha value is -4.86. The second kappa shape index (κ2) is 9.10. The van der Waals surface area contributed by atoms with Crippen LogP contribution in [0, 0.1) is 23.7 Å². The zero-order chi connectivity index (χ0) is 22.5. The highest BCUT2D eigenvalue weighted by molar-refractivity contribution is 6.17. The van der Waals surface area contributed by atoms with E-state index >= 15 is 0 Å². The number of aliphatic imine (C=N–C) groups is 1. The molecule has 0 aromatic heterocycles. The Morgan fingerprint density at radius 1 is 0.545 bits per heavy atom. The minimum Gasteiger partial charge on any atom is -0.403 e. The van der Waals surface area contributed by atoms with Gasteiger partial charge in [0.15, 0.2) is 0 Å². The van der Waals surface area contributed by atoms with Gasteiger partial charge in [-0.3, -0.25) is 0 Å². The number of ether oxygens (including phenoxy) is 1. The lowest BCUT2D eigenvalue weighted by atomic mass is 10.1. The summed E-state index contributed by atoms with van der Waals surface area (Å²) in [5.41, 5.74) is 5.26. The smallest absolute Gasteiger partial charge is 0.345 e. The van der Waals surface area contributed by atoms with E-state index in [0.29, 0.717) is 16.8 Å². The van der Waals surface area contributed by atoms with Crippen LogP contribution in [0.2, 0.25) is 0 Å². The highest BCUT2D eigenvalue weighted by atomic mass is 16.5. The Morgan fingerprint density at radius 3 is 1.79 bits per heavy atom. The molecule has 4 aromatic rings. The van der Waals surface area contributed by atoms with Gasteiger partial charge in [0, 0.05) is 22.3 Å². The van der Waals surface area contributed by atoms with Crippen molar-refractivity contribution < 1.29 is 9.53 Å². The number of rotatable bonds is 1. The molecule has 0 amide bonds. The average Bonchev–Trinajstić information content (AvgIpc) is 3.17. The van der Waals surface area contributed by atoms with Gasteiger partial charge in [-0.25, -0.2) is 9.79 Å². The van der Waals surface area contributed by atoms with E-state index in [9.17, 15) is 4.79 Å². The molecular weight excluding hydrogens is 406 g/mol. The topological polar surface area (TPSA) is 38.7 Å². The largest absolute Gasteiger partial charge is 0.403 e. The number of cyclic esters (lactones) is 1. The monoisotopic (exact) mass is 423 g/mol. The molecule has 0 spiro atoms. The summed E-state index contributed by atoms with van der Waals surface area (Å²) < 4.78 is 5.45. The molecule has 0 radical (unpaired) electrons. The van der Waals surface area contributed by atoms with Crippen LogP contribution in [-0.2, 0) is 4.74 Å². The van der Waals surface area contributed by atoms with E-state index in [-0.39, 0.29) is 5.90 Å². The molecule has 1 aliphatic heterocycles. The van der Waals surface area contributed by atoms with Crippen molar-refractivity contribution in [3.8, 4) is 23.7 Å². The van der Waals surface area contributed by atoms with Crippen molar-refractivity contribution in [1.82, 2.24) is 0 Å². The molecule has 1 heterocycles. The number of carbonyl (C=O) groups is 1. The van der Waals surface area contributed by atoms with Gasteiger partial charge in [-0.2, -0.15) is 0 Å². The van der Waals surface area contributed by atoms with Gasteiger partial charge in [-0.15, -0.1) is 0 Å². The van der Waals surface area contributed by atoms with Crippen molar-refractivity contribution in [2.24, 2.45) is 4.99 Å². The van der Waals surface area contributed by atoms with Crippen molar-refractivity contribution in [3.63, 3.8) is 0 Å². The van der Waals surface area contributed by atoms with Gasteiger partial charge in [0.25, 0.3) is 0 Å². The van der Waals surface area contributed by atoms with Crippen LogP contribution in [0.4, 0.5) is 5.69 Å². The molecule has 0 unspecified atom stereocenters. The SMILES string of the molecule is O=C1O/C(=N\c2cccc(C#Cc3ccccc3)c2)c2cc(C#Cc3ccccc3)ccc21. The summed E-state index contributed by atoms with van der Waals surface area (Å²) in [6.45, 7) is 0. The fourth-order valence-corrected chi connectivity index (χ4v) is 3.36. The number of benzene rings is 4. The van der Waals surface area contributed by atoms with Gasteiger partial charge in [0.2, 0.25) is 5.90 Å². The maximum Gasteiger partial charge on any atom is 0.345 e. The molecule has 0 aliphatic carbocycles. The van der Waals surface area contributed by atoms with Crippen molar-refractivity contribution >= 4 is 17.6 Å². The first-order valence-corrected chi connectivity index (χ1v) is 10.4. The third-order valence-corrected chi connectivity index (χ3v) is 4.99. The minimum atomic E-state index is -0.411. The molecule has 0 N–H and O–H groups in total. The molecule has 4 aromatic carbocycles. The summed E-state index contributed by atoms with van der Waals surface area (Å²) in [4.78, 5) is 16.9. The molecule has 3 nitrogen and oxygen atoms in total. The molecular formula is C30H17NO2. The van der Waals surface area contributed by atoms with Gasteiger partial charge < -0.3 is 4.74 Å². The Bertz CT molecular complexity index is 1500. The standard InChI is InChI=1S/C30H17NO2/c32-30-27-19-18-25(17-15-23-10-5-2-6-11-23)21-28(27)29(33-30)31-26-13-7-12-24(20-26)16-14-22-8-3-1-4-9-22/h1-13,18-21H/b31-29-. The van der Waals surface area contributed by atoms with Crippen molar-refractivity contribution in [1.29, 1.82) is 0 Å². The number of nitrogens with zero attached hydrogens (tertiary/aromatic N) is 1. The van der Waals surface area contributed by atoms with E-state index in [1.165, 1.54) is 0 Å². The van der Waals surface area contributed by atoms with Crippen molar-refractivity contribution in [2.45, 2.75) is 0 Å². The molecule has 0 saturated carbocycles. The molecule has 0 atom stereocenters. The lowest BCUT2D eigenvalue weighted by molar-refractivity contribution is 0.0737. The van der Waals surface area contributed by atoms with Gasteiger partial charge in [-0.05, 0) is 60.7 Å². The molecule has 0 saturated heterocycles. The Balaban J connectivity index is 1.45. The normalized spacial score (nSPS) is 12.7. The van der Waals surface area contributed by atoms with E-state index < -0.39 is 5.97 Å². The van der Waals surface area contributed by atoms with Crippen LogP contribution >= 0.6 is 0 Å². The van der Waals surface area contributed by atoms with Gasteiger partial charge >= 0.3 is 5.97 Å². The highest BCUT2D eigenvalue weighted by Crippen LogP contribution is 2.25. The van der Waals surface area contributed by atoms with Crippen LogP contribution in [-0.4, -0.2) is 11.9 Å². The molecule has 5 rings (SSSR count). The van der Waals surface area contributed by atoms with Crippen LogP contribution in [0.5, 0.6) is 0 Å². The zero-order valence-corrected chi connectivity index (χ0v) is 17.6. The summed E-state index contributed by atoms with van der Waals surface area (Å²) in [6.07, 6.45) is 0. The molecule has 154 valence electrons. The summed E-state index contributed by atoms with van der Waals surface area (Å²) in [7, 11) is 0. The maximum absolute atomic E-state index is 12.3. The minimum absolute atomic E-state index is 0.270. The van der Waals surface area contributed by atoms with Crippen molar-refractivity contribution in [3.05, 3.63) is 137 Å². The van der Waals surface area contributed by atoms with E-state index in [4.69, 9.17) is 4.74 Å². The fourth-order valence-electron chi connectivity index (χ4n) is 3.36. The predicted molar refractivity (Wildman–Crippen MR) is 129 cm³/mol. The molecule has 1 aliphatic rings. The maximum atomic E-state index is 12.3. The Kier molecular flexibility index (Phi) is 5.53. The number of hydrogen-bond donors (Lipinski definition) is 0. The molecule has 0 fully saturated rings. The first kappa shape index (κ1) is 20.1. The highest BCUT2D eigenvalue weighted by Gasteiger charge is 2.28. The average molecular weight is 423 g/mol. The van der Waals surface area contributed by atoms with Gasteiger partial charge in [0.05, 0.1) is 16.8 Å². The van der Waals surface area contributed by atoms with Crippen LogP contribution in [0.15, 0.2) is 108 Å². The fraction of sp³-hybridized carbons (Fsp3) is 0. The van der Waals surface area contributed by atoms with E-state index in [2.05, 4.69) is 28.7 Å². The first-order valence-electron chi connectivity index (χ1n) is 10.4. The van der Waals surface area contributed by atoms with Crippen LogP contribution in [0.1, 0.15) is 38.2 Å². The quantitative estimate of drug-likeness (QED) is 0.289. The summed E-state index contributed by atoms with van der Waals surface area (Å²) >= 11 is 0. The van der Waals surface area contributed by atoms with Crippen molar-refractivity contribution in [2.75, 3.05) is 0 Å². The van der Waals surface area contributed by atoms with E-state index in [0.717, 1.165) is 22.3 Å². The lowest BCUT2D eigenvalue weighted by Gasteiger charge is -2.00. The number of esters is 1. The van der Waals surface area contributed by atoms with Crippen LogP contribution in [0.25, 0.3) is 0 Å². The molecule has 0 bridgehead atoms. The summed E-state index contributed by atoms with van der Waals surface area (Å²) in [5, 5.41) is 0. The Labute approximate surface area is 192 Å². The summed E-state index contributed by atoms with van der Waals surface area (Å²) in [5.74, 6) is 12.4. The second-order valence-electron chi connectivity index (χ2n) is 7.35. The predicted octanol–water partition coefficient (Wildman–Crippen LogP) is 5.73. The summed E-state index contributed by atoms with van der Waals surface area (Å²) in [6, 6.07) is 32.5. The third-order valence-electron chi connectivity index (χ3n) is 4.99. The molecule has 33 heavy (non-hydrogen) atoms. The lowest BCUT2D eigenvalue weighted by Crippen LogP contribution is -1.99. The van der Waals surface area contributed by atoms with E-state index in [1.54, 1.807) is 6.07 Å². The van der Waals surface area contributed by atoms with Crippen LogP contribution in [0.3, 0.4) is 0 Å². The first-order chi connectivity index (χ1) is 16.2. The Morgan fingerprint density at radius 2 is 1.12 bits per heavy atom. The van der Waals surface area contributed by atoms with Crippen LogP contribution < -0.4 is 0 Å². The number of hydrogen-bond acceptors (Lipinski definition) is 3. The number of carbonyl (C=O) groups excluding carboxylic acids is 1. The van der Waals surface area contributed by atoms with Gasteiger partial charge in [0.1, 0.15) is 0 Å².